The second-order valence-electron chi connectivity index (χ2n) is 3.30. The molecular formula is C9H12N2O4S. The fraction of sp³-hybridized carbons (Fsp3) is 0.222. The second kappa shape index (κ2) is 4.50. The van der Waals surface area contributed by atoms with Crippen molar-refractivity contribution in [2.24, 2.45) is 5.73 Å². The lowest BCUT2D eigenvalue weighted by Crippen LogP contribution is -2.37. The van der Waals surface area contributed by atoms with E-state index in [-0.39, 0.29) is 4.90 Å². The summed E-state index contributed by atoms with van der Waals surface area (Å²) in [5.74, 6) is -1.98. The van der Waals surface area contributed by atoms with E-state index in [1.807, 2.05) is 0 Å². The van der Waals surface area contributed by atoms with Crippen LogP contribution in [0.4, 0.5) is 5.69 Å². The Balaban J connectivity index is 2.94. The smallest absolute Gasteiger partial charge is 0.321 e. The molecule has 0 aromatic heterocycles. The van der Waals surface area contributed by atoms with Crippen LogP contribution in [0.3, 0.4) is 0 Å². The molecule has 6 nitrogen and oxygen atoms in total. The van der Waals surface area contributed by atoms with Gasteiger partial charge in [0.25, 0.3) is 0 Å². The van der Waals surface area contributed by atoms with E-state index in [9.17, 15) is 13.2 Å². The van der Waals surface area contributed by atoms with Crippen LogP contribution < -0.4 is 11.5 Å². The molecule has 1 aromatic rings. The molecule has 1 unspecified atom stereocenters. The molecular weight excluding hydrogens is 232 g/mol. The van der Waals surface area contributed by atoms with Crippen molar-refractivity contribution in [2.45, 2.75) is 10.9 Å². The van der Waals surface area contributed by atoms with Gasteiger partial charge < -0.3 is 16.6 Å². The van der Waals surface area contributed by atoms with Gasteiger partial charge in [-0.2, -0.15) is 0 Å². The molecule has 0 aliphatic rings. The molecule has 0 saturated heterocycles. The Kier molecular flexibility index (Phi) is 3.51. The van der Waals surface area contributed by atoms with E-state index in [1.165, 1.54) is 24.3 Å². The Morgan fingerprint density at radius 3 is 2.25 bits per heavy atom. The Bertz CT molecular complexity index is 481. The van der Waals surface area contributed by atoms with Gasteiger partial charge in [-0.15, -0.1) is 0 Å². The molecule has 1 aromatic carbocycles. The topological polar surface area (TPSA) is 123 Å². The molecule has 88 valence electrons. The molecule has 0 heterocycles. The standard InChI is InChI=1S/C9H12N2O4S/c10-6-1-3-7(4-2-6)16(14,15)5-8(11)9(12)13/h1-4,8H,5,10-11H2,(H,12,13). The number of nitrogen functional groups attached to an aromatic ring is 1. The van der Waals surface area contributed by atoms with Crippen LogP contribution in [0.15, 0.2) is 29.2 Å². The number of aliphatic carboxylic acids is 1. The zero-order valence-corrected chi connectivity index (χ0v) is 9.15. The summed E-state index contributed by atoms with van der Waals surface area (Å²) in [6.07, 6.45) is 0. The predicted molar refractivity (Wildman–Crippen MR) is 58.5 cm³/mol. The van der Waals surface area contributed by atoms with Crippen molar-refractivity contribution in [3.05, 3.63) is 24.3 Å². The number of rotatable bonds is 4. The molecule has 16 heavy (non-hydrogen) atoms. The zero-order chi connectivity index (χ0) is 12.3. The maximum atomic E-state index is 11.7. The van der Waals surface area contributed by atoms with E-state index >= 15 is 0 Å². The van der Waals surface area contributed by atoms with Crippen molar-refractivity contribution in [3.8, 4) is 0 Å². The number of carbonyl (C=O) groups is 1. The van der Waals surface area contributed by atoms with Gasteiger partial charge in [-0.05, 0) is 24.3 Å². The number of sulfone groups is 1. The van der Waals surface area contributed by atoms with Crippen molar-refractivity contribution in [1.82, 2.24) is 0 Å². The third-order valence-corrected chi connectivity index (χ3v) is 3.74. The van der Waals surface area contributed by atoms with E-state index in [0.29, 0.717) is 5.69 Å². The number of hydrogen-bond donors (Lipinski definition) is 3. The summed E-state index contributed by atoms with van der Waals surface area (Å²) in [5.41, 5.74) is 11.0. The van der Waals surface area contributed by atoms with Crippen molar-refractivity contribution in [2.75, 3.05) is 11.5 Å². The van der Waals surface area contributed by atoms with Crippen LogP contribution in [0.2, 0.25) is 0 Å². The van der Waals surface area contributed by atoms with E-state index in [0.717, 1.165) is 0 Å². The summed E-state index contributed by atoms with van der Waals surface area (Å²) in [7, 11) is -3.68. The fourth-order valence-corrected chi connectivity index (χ4v) is 2.44. The van der Waals surface area contributed by atoms with Gasteiger partial charge in [0.1, 0.15) is 6.04 Å². The molecule has 0 spiro atoms. The van der Waals surface area contributed by atoms with Crippen LogP contribution in [-0.4, -0.2) is 31.3 Å². The van der Waals surface area contributed by atoms with Crippen LogP contribution in [0.5, 0.6) is 0 Å². The first kappa shape index (κ1) is 12.5. The minimum atomic E-state index is -3.68. The number of anilines is 1. The number of benzene rings is 1. The number of hydrogen-bond acceptors (Lipinski definition) is 5. The molecule has 0 bridgehead atoms. The van der Waals surface area contributed by atoms with Gasteiger partial charge in [-0.1, -0.05) is 0 Å². The first-order chi connectivity index (χ1) is 7.33. The number of carboxylic acid groups (broad SMARTS) is 1. The molecule has 0 radical (unpaired) electrons. The summed E-state index contributed by atoms with van der Waals surface area (Å²) in [6, 6.07) is 4.07. The molecule has 0 aliphatic carbocycles. The van der Waals surface area contributed by atoms with Crippen LogP contribution >= 0.6 is 0 Å². The number of nitrogens with two attached hydrogens (primary N) is 2. The summed E-state index contributed by atoms with van der Waals surface area (Å²) < 4.78 is 23.3. The molecule has 0 fully saturated rings. The van der Waals surface area contributed by atoms with Gasteiger partial charge in [0, 0.05) is 5.69 Å². The molecule has 0 saturated carbocycles. The third-order valence-electron chi connectivity index (χ3n) is 1.96. The lowest BCUT2D eigenvalue weighted by atomic mass is 10.3. The van der Waals surface area contributed by atoms with E-state index < -0.39 is 27.6 Å². The van der Waals surface area contributed by atoms with Crippen LogP contribution in [0, 0.1) is 0 Å². The summed E-state index contributed by atoms with van der Waals surface area (Å²) >= 11 is 0. The second-order valence-corrected chi connectivity index (χ2v) is 5.33. The van der Waals surface area contributed by atoms with Crippen molar-refractivity contribution in [1.29, 1.82) is 0 Å². The van der Waals surface area contributed by atoms with Crippen LogP contribution in [-0.2, 0) is 14.6 Å². The highest BCUT2D eigenvalue weighted by Crippen LogP contribution is 2.13. The fourth-order valence-electron chi connectivity index (χ4n) is 1.08. The highest BCUT2D eigenvalue weighted by molar-refractivity contribution is 7.91. The SMILES string of the molecule is Nc1ccc(S(=O)(=O)CC(N)C(=O)O)cc1. The quantitative estimate of drug-likeness (QED) is 0.611. The third kappa shape index (κ3) is 2.94. The summed E-state index contributed by atoms with van der Waals surface area (Å²) in [4.78, 5) is 10.5. The van der Waals surface area contributed by atoms with E-state index in [4.69, 9.17) is 16.6 Å². The van der Waals surface area contributed by atoms with Gasteiger partial charge in [-0.3, -0.25) is 4.79 Å². The Morgan fingerprint density at radius 1 is 1.31 bits per heavy atom. The predicted octanol–water partition coefficient (Wildman–Crippen LogP) is -0.546. The highest BCUT2D eigenvalue weighted by Gasteiger charge is 2.22. The molecule has 1 rings (SSSR count). The Morgan fingerprint density at radius 2 is 1.81 bits per heavy atom. The molecule has 0 aliphatic heterocycles. The molecule has 7 heteroatoms. The minimum absolute atomic E-state index is 0.0124. The average molecular weight is 244 g/mol. The largest absolute Gasteiger partial charge is 0.480 e. The molecule has 1 atom stereocenters. The highest BCUT2D eigenvalue weighted by atomic mass is 32.2. The van der Waals surface area contributed by atoms with Crippen molar-refractivity contribution in [3.63, 3.8) is 0 Å². The maximum absolute atomic E-state index is 11.7. The first-order valence-corrected chi connectivity index (χ1v) is 6.05. The van der Waals surface area contributed by atoms with Crippen LogP contribution in [0.1, 0.15) is 0 Å². The molecule has 5 N–H and O–H groups in total. The van der Waals surface area contributed by atoms with Gasteiger partial charge in [0.05, 0.1) is 10.6 Å². The molecule has 0 amide bonds. The summed E-state index contributed by atoms with van der Waals surface area (Å²) in [6.45, 7) is 0. The minimum Gasteiger partial charge on any atom is -0.480 e. The van der Waals surface area contributed by atoms with E-state index in [1.54, 1.807) is 0 Å². The average Bonchev–Trinajstić information content (AvgIpc) is 2.17. The Labute approximate surface area is 92.8 Å². The van der Waals surface area contributed by atoms with Crippen LogP contribution in [0.25, 0.3) is 0 Å². The van der Waals surface area contributed by atoms with E-state index in [2.05, 4.69) is 0 Å². The van der Waals surface area contributed by atoms with Gasteiger partial charge in [0.15, 0.2) is 9.84 Å². The monoisotopic (exact) mass is 244 g/mol. The van der Waals surface area contributed by atoms with Crippen molar-refractivity contribution < 1.29 is 18.3 Å². The van der Waals surface area contributed by atoms with Gasteiger partial charge in [0.2, 0.25) is 0 Å². The van der Waals surface area contributed by atoms with Gasteiger partial charge >= 0.3 is 5.97 Å². The number of carboxylic acids is 1. The zero-order valence-electron chi connectivity index (χ0n) is 8.33. The van der Waals surface area contributed by atoms with Gasteiger partial charge in [-0.25, -0.2) is 8.42 Å². The normalized spacial score (nSPS) is 13.3. The Hall–Kier alpha value is -1.60. The maximum Gasteiger partial charge on any atom is 0.321 e. The summed E-state index contributed by atoms with van der Waals surface area (Å²) in [5, 5.41) is 8.53. The lowest BCUT2D eigenvalue weighted by Gasteiger charge is -2.07. The van der Waals surface area contributed by atoms with Crippen molar-refractivity contribution >= 4 is 21.5 Å². The lowest BCUT2D eigenvalue weighted by molar-refractivity contribution is -0.137. The first-order valence-electron chi connectivity index (χ1n) is 4.39.